The van der Waals surface area contributed by atoms with Crippen molar-refractivity contribution in [3.63, 3.8) is 0 Å². The molecule has 1 aromatic rings. The van der Waals surface area contributed by atoms with Crippen LogP contribution in [0.25, 0.3) is 5.70 Å². The molecule has 1 aliphatic rings. The maximum Gasteiger partial charge on any atom is 0.116 e. The molecular formula is C14H15INOY-. The number of hydrogen-bond donors (Lipinski definition) is 1. The van der Waals surface area contributed by atoms with E-state index in [1.807, 2.05) is 31.2 Å². The van der Waals surface area contributed by atoms with Gasteiger partial charge in [-0.1, -0.05) is 35.6 Å². The van der Waals surface area contributed by atoms with Gasteiger partial charge in [-0.3, -0.25) is 0 Å². The zero-order valence-electron chi connectivity index (χ0n) is 10.4. The summed E-state index contributed by atoms with van der Waals surface area (Å²) in [5.41, 5.74) is 3.19. The number of benzene rings is 1. The second-order valence-corrected chi connectivity index (χ2v) is 5.33. The molecule has 0 saturated carbocycles. The van der Waals surface area contributed by atoms with Gasteiger partial charge in [-0.05, 0) is 19.1 Å². The summed E-state index contributed by atoms with van der Waals surface area (Å²) in [6.07, 6.45) is 4.28. The summed E-state index contributed by atoms with van der Waals surface area (Å²) in [4.78, 5) is 0. The standard InChI is InChI=1S/C14H15INO.Y/c1-3-17-12-6-4-11(5-7-12)14-9-8-13(15)10(2)16-14;/h4-7,13,16H,2-3,8H2,1H3;/q-1;. The second kappa shape index (κ2) is 7.66. The van der Waals surface area contributed by atoms with Crippen LogP contribution in [-0.4, -0.2) is 10.5 Å². The van der Waals surface area contributed by atoms with Crippen molar-refractivity contribution in [3.8, 4) is 5.75 Å². The Kier molecular flexibility index (Phi) is 6.89. The SMILES string of the molecule is C=C1NC(c2ccc(OCC)cc2)=[C-]CC1I.[Y]. The minimum absolute atomic E-state index is 0. The van der Waals surface area contributed by atoms with Crippen molar-refractivity contribution in [2.75, 3.05) is 6.61 Å². The van der Waals surface area contributed by atoms with Crippen LogP contribution in [0.5, 0.6) is 5.75 Å². The third-order valence-electron chi connectivity index (χ3n) is 2.58. The molecule has 0 bridgehead atoms. The van der Waals surface area contributed by atoms with Gasteiger partial charge in [0.25, 0.3) is 0 Å². The van der Waals surface area contributed by atoms with Crippen LogP contribution < -0.4 is 10.1 Å². The first-order chi connectivity index (χ1) is 8.20. The van der Waals surface area contributed by atoms with E-state index in [9.17, 15) is 0 Å². The topological polar surface area (TPSA) is 21.3 Å². The Labute approximate surface area is 147 Å². The summed E-state index contributed by atoms with van der Waals surface area (Å²) < 4.78 is 5.85. The number of ether oxygens (including phenoxy) is 1. The van der Waals surface area contributed by atoms with Gasteiger partial charge in [-0.2, -0.15) is 5.56 Å². The molecule has 2 rings (SSSR count). The molecule has 0 aliphatic carbocycles. The van der Waals surface area contributed by atoms with Crippen LogP contribution in [0.3, 0.4) is 0 Å². The van der Waals surface area contributed by atoms with E-state index in [0.717, 1.165) is 29.1 Å². The summed E-state index contributed by atoms with van der Waals surface area (Å²) in [6, 6.07) is 8.05. The van der Waals surface area contributed by atoms with Crippen molar-refractivity contribution in [1.82, 2.24) is 5.32 Å². The fourth-order valence-corrected chi connectivity index (χ4v) is 2.03. The predicted molar refractivity (Wildman–Crippen MR) is 79.0 cm³/mol. The van der Waals surface area contributed by atoms with Crippen molar-refractivity contribution >= 4 is 28.3 Å². The maximum atomic E-state index is 5.42. The van der Waals surface area contributed by atoms with Gasteiger partial charge in [0, 0.05) is 42.3 Å². The fourth-order valence-electron chi connectivity index (χ4n) is 1.66. The molecule has 1 aliphatic heterocycles. The Hall–Kier alpha value is 0.134. The first-order valence-corrected chi connectivity index (χ1v) is 6.89. The van der Waals surface area contributed by atoms with Crippen molar-refractivity contribution < 1.29 is 37.4 Å². The summed E-state index contributed by atoms with van der Waals surface area (Å²) in [5.74, 6) is 0.901. The zero-order valence-corrected chi connectivity index (χ0v) is 15.4. The smallest absolute Gasteiger partial charge is 0.116 e. The molecule has 0 spiro atoms. The number of halogens is 1. The van der Waals surface area contributed by atoms with Gasteiger partial charge >= 0.3 is 0 Å². The second-order valence-electron chi connectivity index (χ2n) is 3.83. The van der Waals surface area contributed by atoms with Gasteiger partial charge in [-0.15, -0.1) is 17.8 Å². The minimum Gasteiger partial charge on any atom is -0.494 e. The first-order valence-electron chi connectivity index (χ1n) is 5.64. The Morgan fingerprint density at radius 2 is 2.11 bits per heavy atom. The molecule has 0 fully saturated rings. The molecule has 18 heavy (non-hydrogen) atoms. The van der Waals surface area contributed by atoms with Gasteiger partial charge in [0.1, 0.15) is 5.75 Å². The average Bonchev–Trinajstić information content (AvgIpc) is 2.34. The van der Waals surface area contributed by atoms with Crippen LogP contribution in [-0.2, 0) is 32.7 Å². The molecule has 1 unspecified atom stereocenters. The maximum absolute atomic E-state index is 5.42. The van der Waals surface area contributed by atoms with Gasteiger partial charge in [0.2, 0.25) is 0 Å². The van der Waals surface area contributed by atoms with Gasteiger partial charge < -0.3 is 10.1 Å². The minimum atomic E-state index is 0. The van der Waals surface area contributed by atoms with Gasteiger partial charge in [-0.25, -0.2) is 6.08 Å². The number of alkyl halides is 1. The van der Waals surface area contributed by atoms with Crippen molar-refractivity contribution in [2.45, 2.75) is 17.3 Å². The monoisotopic (exact) mass is 429 g/mol. The Balaban J connectivity index is 0.00000162. The molecule has 1 aromatic carbocycles. The normalized spacial score (nSPS) is 18.4. The summed E-state index contributed by atoms with van der Waals surface area (Å²) in [5, 5.41) is 3.30. The first kappa shape index (κ1) is 16.2. The molecule has 93 valence electrons. The molecule has 2 nitrogen and oxygen atoms in total. The zero-order chi connectivity index (χ0) is 12.3. The Bertz CT molecular complexity index is 442. The van der Waals surface area contributed by atoms with Crippen LogP contribution in [0.2, 0.25) is 0 Å². The number of hydrogen-bond acceptors (Lipinski definition) is 2. The average molecular weight is 429 g/mol. The third kappa shape index (κ3) is 4.07. The van der Waals surface area contributed by atoms with E-state index < -0.39 is 0 Å². The van der Waals surface area contributed by atoms with Crippen LogP contribution >= 0.6 is 22.6 Å². The predicted octanol–water partition coefficient (Wildman–Crippen LogP) is 3.54. The van der Waals surface area contributed by atoms with E-state index in [0.29, 0.717) is 10.5 Å². The number of rotatable bonds is 3. The Morgan fingerprint density at radius 1 is 1.44 bits per heavy atom. The van der Waals surface area contributed by atoms with Crippen molar-refractivity contribution in [2.24, 2.45) is 0 Å². The number of allylic oxidation sites excluding steroid dienone is 2. The van der Waals surface area contributed by atoms with E-state index in [2.05, 4.69) is 40.6 Å². The molecule has 1 atom stereocenters. The van der Waals surface area contributed by atoms with Gasteiger partial charge in [0.05, 0.1) is 6.61 Å². The van der Waals surface area contributed by atoms with Crippen LogP contribution in [0.1, 0.15) is 18.9 Å². The van der Waals surface area contributed by atoms with Crippen LogP contribution in [0, 0.1) is 6.08 Å². The third-order valence-corrected chi connectivity index (χ3v) is 3.77. The van der Waals surface area contributed by atoms with E-state index in [1.165, 1.54) is 0 Å². The van der Waals surface area contributed by atoms with E-state index in [4.69, 9.17) is 4.74 Å². The summed E-state index contributed by atoms with van der Waals surface area (Å²) >= 11 is 2.37. The number of nitrogens with one attached hydrogen (secondary N) is 1. The molecule has 0 aromatic heterocycles. The van der Waals surface area contributed by atoms with E-state index >= 15 is 0 Å². The van der Waals surface area contributed by atoms with Crippen LogP contribution in [0.4, 0.5) is 0 Å². The molecule has 0 saturated heterocycles. The summed E-state index contributed by atoms with van der Waals surface area (Å²) in [6.45, 7) is 6.69. The largest absolute Gasteiger partial charge is 0.494 e. The van der Waals surface area contributed by atoms with Crippen LogP contribution in [0.15, 0.2) is 36.5 Å². The quantitative estimate of drug-likeness (QED) is 0.451. The Morgan fingerprint density at radius 3 is 2.67 bits per heavy atom. The molecule has 4 heteroatoms. The molecule has 1 radical (unpaired) electrons. The molecular weight excluding hydrogens is 414 g/mol. The molecule has 0 amide bonds. The molecule has 1 N–H and O–H groups in total. The molecule has 1 heterocycles. The van der Waals surface area contributed by atoms with Crippen molar-refractivity contribution in [1.29, 1.82) is 0 Å². The van der Waals surface area contributed by atoms with E-state index in [1.54, 1.807) is 0 Å². The summed E-state index contributed by atoms with van der Waals surface area (Å²) in [7, 11) is 0. The fraction of sp³-hybridized carbons (Fsp3) is 0.286. The van der Waals surface area contributed by atoms with E-state index in [-0.39, 0.29) is 32.7 Å². The van der Waals surface area contributed by atoms with Crippen molar-refractivity contribution in [3.05, 3.63) is 48.2 Å². The van der Waals surface area contributed by atoms with Gasteiger partial charge in [0.15, 0.2) is 0 Å².